The van der Waals surface area contributed by atoms with Crippen LogP contribution in [0, 0.1) is 0 Å². The van der Waals surface area contributed by atoms with Gasteiger partial charge >= 0.3 is 5.97 Å². The van der Waals surface area contributed by atoms with Gasteiger partial charge in [0.1, 0.15) is 5.25 Å². The molecule has 2 unspecified atom stereocenters. The predicted octanol–water partition coefficient (Wildman–Crippen LogP) is 0.125. The molecule has 0 bridgehead atoms. The zero-order chi connectivity index (χ0) is 10.6. The molecule has 0 aromatic rings. The first-order chi connectivity index (χ1) is 6.69. The number of ether oxygens (including phenoxy) is 1. The van der Waals surface area contributed by atoms with E-state index in [4.69, 9.17) is 9.84 Å². The van der Waals surface area contributed by atoms with Crippen molar-refractivity contribution in [1.29, 1.82) is 0 Å². The molecule has 1 aliphatic heterocycles. The number of thioether (sulfide) groups is 1. The molecule has 1 rings (SSSR count). The van der Waals surface area contributed by atoms with Crippen molar-refractivity contribution < 1.29 is 19.4 Å². The quantitative estimate of drug-likeness (QED) is 0.657. The average molecular weight is 219 g/mol. The van der Waals surface area contributed by atoms with Gasteiger partial charge in [-0.2, -0.15) is 0 Å². The van der Waals surface area contributed by atoms with Crippen LogP contribution in [-0.4, -0.2) is 40.8 Å². The number of amides is 1. The molecule has 1 aliphatic rings. The van der Waals surface area contributed by atoms with E-state index >= 15 is 0 Å². The molecule has 1 heterocycles. The number of aliphatic hydroxyl groups excluding tert-OH is 1. The maximum atomic E-state index is 11.4. The lowest BCUT2D eigenvalue weighted by molar-refractivity contribution is -0.142. The molecule has 14 heavy (non-hydrogen) atoms. The van der Waals surface area contributed by atoms with Gasteiger partial charge in [-0.05, 0) is 25.1 Å². The van der Waals surface area contributed by atoms with Gasteiger partial charge in [-0.1, -0.05) is 0 Å². The minimum absolute atomic E-state index is 0.0542. The predicted molar refractivity (Wildman–Crippen MR) is 52.0 cm³/mol. The van der Waals surface area contributed by atoms with E-state index in [1.165, 1.54) is 0 Å². The topological polar surface area (TPSA) is 75.6 Å². The highest BCUT2D eigenvalue weighted by Gasteiger charge is 2.38. The highest BCUT2D eigenvalue weighted by Crippen LogP contribution is 2.26. The Hall–Kier alpha value is -0.750. The standard InChI is InChI=1S/C8H13NO4S/c1-2-13-7(11)6-5(3-4-10)9-8(12)14-6/h5-6,10H,2-4H2,1H3,(H,9,12). The van der Waals surface area contributed by atoms with Crippen molar-refractivity contribution in [3.63, 3.8) is 0 Å². The molecule has 6 heteroatoms. The number of carbonyl (C=O) groups excluding carboxylic acids is 2. The number of rotatable bonds is 4. The van der Waals surface area contributed by atoms with Crippen LogP contribution in [0.4, 0.5) is 4.79 Å². The largest absolute Gasteiger partial charge is 0.465 e. The Morgan fingerprint density at radius 1 is 1.71 bits per heavy atom. The van der Waals surface area contributed by atoms with E-state index in [-0.39, 0.29) is 17.9 Å². The third-order valence-electron chi connectivity index (χ3n) is 1.86. The monoisotopic (exact) mass is 219 g/mol. The van der Waals surface area contributed by atoms with Crippen molar-refractivity contribution >= 4 is 23.0 Å². The van der Waals surface area contributed by atoms with Crippen molar-refractivity contribution in [2.75, 3.05) is 13.2 Å². The summed E-state index contributed by atoms with van der Waals surface area (Å²) in [7, 11) is 0. The summed E-state index contributed by atoms with van der Waals surface area (Å²) in [5.74, 6) is -0.394. The Morgan fingerprint density at radius 2 is 2.43 bits per heavy atom. The minimum atomic E-state index is -0.519. The maximum absolute atomic E-state index is 11.4. The number of carbonyl (C=O) groups is 2. The molecule has 0 spiro atoms. The fourth-order valence-electron chi connectivity index (χ4n) is 1.26. The van der Waals surface area contributed by atoms with Gasteiger partial charge in [-0.25, -0.2) is 0 Å². The summed E-state index contributed by atoms with van der Waals surface area (Å²) in [5, 5.41) is 10.6. The van der Waals surface area contributed by atoms with Gasteiger partial charge in [0.15, 0.2) is 0 Å². The van der Waals surface area contributed by atoms with E-state index in [9.17, 15) is 9.59 Å². The lowest BCUT2D eigenvalue weighted by atomic mass is 10.1. The van der Waals surface area contributed by atoms with Gasteiger partial charge in [-0.3, -0.25) is 9.59 Å². The molecule has 1 saturated heterocycles. The zero-order valence-electron chi connectivity index (χ0n) is 7.86. The van der Waals surface area contributed by atoms with E-state index in [0.717, 1.165) is 11.8 Å². The summed E-state index contributed by atoms with van der Waals surface area (Å²) in [5.41, 5.74) is 0. The Balaban J connectivity index is 2.56. The van der Waals surface area contributed by atoms with E-state index in [2.05, 4.69) is 5.32 Å². The fourth-order valence-corrected chi connectivity index (χ4v) is 2.24. The van der Waals surface area contributed by atoms with Crippen LogP contribution in [0.15, 0.2) is 0 Å². The Bertz CT molecular complexity index is 233. The number of hydrogen-bond acceptors (Lipinski definition) is 5. The highest BCUT2D eigenvalue weighted by molar-refractivity contribution is 8.15. The molecule has 1 fully saturated rings. The van der Waals surface area contributed by atoms with Crippen LogP contribution in [-0.2, 0) is 9.53 Å². The Kier molecular flexibility index (Phi) is 4.21. The second kappa shape index (κ2) is 5.21. The molecule has 0 radical (unpaired) electrons. The van der Waals surface area contributed by atoms with Crippen LogP contribution < -0.4 is 5.32 Å². The summed E-state index contributed by atoms with van der Waals surface area (Å²) in [6.45, 7) is 1.96. The number of esters is 1. The van der Waals surface area contributed by atoms with Gasteiger partial charge in [0.25, 0.3) is 5.24 Å². The van der Waals surface area contributed by atoms with Crippen LogP contribution in [0.2, 0.25) is 0 Å². The van der Waals surface area contributed by atoms with Gasteiger partial charge < -0.3 is 15.2 Å². The lowest BCUT2D eigenvalue weighted by Crippen LogP contribution is -2.37. The van der Waals surface area contributed by atoms with E-state index < -0.39 is 11.2 Å². The summed E-state index contributed by atoms with van der Waals surface area (Å²) in [6, 6.07) is -0.309. The van der Waals surface area contributed by atoms with Crippen LogP contribution in [0.1, 0.15) is 13.3 Å². The molecule has 0 aromatic carbocycles. The van der Waals surface area contributed by atoms with Crippen molar-refractivity contribution in [3.05, 3.63) is 0 Å². The second-order valence-corrected chi connectivity index (χ2v) is 3.96. The van der Waals surface area contributed by atoms with Crippen molar-refractivity contribution in [3.8, 4) is 0 Å². The SMILES string of the molecule is CCOC(=O)C1SC(=O)NC1CCO. The second-order valence-electron chi connectivity index (χ2n) is 2.84. The Labute approximate surface area is 86.2 Å². The minimum Gasteiger partial charge on any atom is -0.465 e. The highest BCUT2D eigenvalue weighted by atomic mass is 32.2. The van der Waals surface area contributed by atoms with Gasteiger partial charge in [0.2, 0.25) is 0 Å². The molecule has 80 valence electrons. The van der Waals surface area contributed by atoms with Crippen LogP contribution >= 0.6 is 11.8 Å². The molecule has 0 aliphatic carbocycles. The molecular formula is C8H13NO4S. The Morgan fingerprint density at radius 3 is 3.00 bits per heavy atom. The first-order valence-corrected chi connectivity index (χ1v) is 5.31. The van der Waals surface area contributed by atoms with Gasteiger partial charge in [0.05, 0.1) is 12.6 Å². The van der Waals surface area contributed by atoms with Crippen molar-refractivity contribution in [1.82, 2.24) is 5.32 Å². The number of aliphatic hydroxyl groups is 1. The third kappa shape index (κ3) is 2.62. The molecule has 5 nitrogen and oxygen atoms in total. The lowest BCUT2D eigenvalue weighted by Gasteiger charge is -2.14. The number of nitrogens with one attached hydrogen (secondary N) is 1. The summed E-state index contributed by atoms with van der Waals surface area (Å²) in [4.78, 5) is 22.4. The van der Waals surface area contributed by atoms with Gasteiger partial charge in [-0.15, -0.1) is 0 Å². The molecule has 1 amide bonds. The third-order valence-corrected chi connectivity index (χ3v) is 2.97. The normalized spacial score (nSPS) is 26.0. The fraction of sp³-hybridized carbons (Fsp3) is 0.750. The molecular weight excluding hydrogens is 206 g/mol. The van der Waals surface area contributed by atoms with Crippen molar-refractivity contribution in [2.24, 2.45) is 0 Å². The van der Waals surface area contributed by atoms with E-state index in [1.807, 2.05) is 0 Å². The van der Waals surface area contributed by atoms with E-state index in [1.54, 1.807) is 6.92 Å². The molecule has 2 N–H and O–H groups in total. The van der Waals surface area contributed by atoms with Crippen LogP contribution in [0.5, 0.6) is 0 Å². The maximum Gasteiger partial charge on any atom is 0.321 e. The summed E-state index contributed by atoms with van der Waals surface area (Å²) >= 11 is 0.926. The van der Waals surface area contributed by atoms with E-state index in [0.29, 0.717) is 13.0 Å². The summed E-state index contributed by atoms with van der Waals surface area (Å²) in [6.07, 6.45) is 0.377. The first kappa shape index (κ1) is 11.3. The average Bonchev–Trinajstić information content (AvgIpc) is 2.48. The van der Waals surface area contributed by atoms with Crippen LogP contribution in [0.3, 0.4) is 0 Å². The van der Waals surface area contributed by atoms with Crippen LogP contribution in [0.25, 0.3) is 0 Å². The smallest absolute Gasteiger partial charge is 0.321 e. The van der Waals surface area contributed by atoms with Gasteiger partial charge in [0, 0.05) is 6.61 Å². The number of hydrogen-bond donors (Lipinski definition) is 2. The molecule has 0 aromatic heterocycles. The van der Waals surface area contributed by atoms with Crippen molar-refractivity contribution in [2.45, 2.75) is 24.6 Å². The summed E-state index contributed by atoms with van der Waals surface area (Å²) < 4.78 is 4.82. The zero-order valence-corrected chi connectivity index (χ0v) is 8.67. The first-order valence-electron chi connectivity index (χ1n) is 4.43. The molecule has 2 atom stereocenters. The molecule has 0 saturated carbocycles.